The maximum atomic E-state index is 4.57. The first-order valence-electron chi connectivity index (χ1n) is 7.30. The first-order chi connectivity index (χ1) is 9.56. The van der Waals surface area contributed by atoms with Crippen LogP contribution in [0.25, 0.3) is 5.65 Å². The number of anilines is 1. The van der Waals surface area contributed by atoms with E-state index in [9.17, 15) is 0 Å². The number of pyridine rings is 1. The molecule has 0 unspecified atom stereocenters. The molecule has 1 aliphatic rings. The summed E-state index contributed by atoms with van der Waals surface area (Å²) in [7, 11) is 2.19. The Labute approximate surface area is 120 Å². The van der Waals surface area contributed by atoms with Gasteiger partial charge in [0, 0.05) is 12.7 Å². The third-order valence-corrected chi connectivity index (χ3v) is 4.42. The lowest BCUT2D eigenvalue weighted by molar-refractivity contribution is 0.150. The molecule has 0 spiro atoms. The Morgan fingerprint density at radius 3 is 2.80 bits per heavy atom. The van der Waals surface area contributed by atoms with E-state index in [0.29, 0.717) is 5.41 Å². The summed E-state index contributed by atoms with van der Waals surface area (Å²) >= 11 is 0. The predicted octanol–water partition coefficient (Wildman–Crippen LogP) is 2.18. The van der Waals surface area contributed by atoms with Crippen molar-refractivity contribution in [3.63, 3.8) is 0 Å². The van der Waals surface area contributed by atoms with Crippen molar-refractivity contribution >= 4 is 11.6 Å². The molecule has 0 saturated carbocycles. The number of rotatable bonds is 3. The van der Waals surface area contributed by atoms with Crippen molar-refractivity contribution in [1.82, 2.24) is 19.5 Å². The zero-order chi connectivity index (χ0) is 14.2. The average molecular weight is 273 g/mol. The van der Waals surface area contributed by atoms with Crippen molar-refractivity contribution < 1.29 is 0 Å². The fourth-order valence-electron chi connectivity index (χ4n) is 2.74. The average Bonchev–Trinajstić information content (AvgIpc) is 2.85. The van der Waals surface area contributed by atoms with Crippen LogP contribution in [0.3, 0.4) is 0 Å². The smallest absolute Gasteiger partial charge is 0.243 e. The molecule has 1 fully saturated rings. The molecule has 108 valence electrons. The van der Waals surface area contributed by atoms with Crippen LogP contribution in [-0.4, -0.2) is 46.2 Å². The zero-order valence-corrected chi connectivity index (χ0v) is 12.6. The van der Waals surface area contributed by atoms with Crippen LogP contribution in [0.5, 0.6) is 0 Å². The van der Waals surface area contributed by atoms with E-state index >= 15 is 0 Å². The highest BCUT2D eigenvalue weighted by Crippen LogP contribution is 2.30. The van der Waals surface area contributed by atoms with E-state index in [4.69, 9.17) is 0 Å². The lowest BCUT2D eigenvalue weighted by Gasteiger charge is -2.37. The molecule has 0 atom stereocenters. The number of nitrogens with zero attached hydrogens (tertiary/aromatic N) is 4. The molecule has 1 aliphatic heterocycles. The fourth-order valence-corrected chi connectivity index (χ4v) is 2.74. The van der Waals surface area contributed by atoms with Crippen molar-refractivity contribution in [3.8, 4) is 0 Å². The maximum Gasteiger partial charge on any atom is 0.243 e. The van der Waals surface area contributed by atoms with Crippen molar-refractivity contribution in [3.05, 3.63) is 23.9 Å². The van der Waals surface area contributed by atoms with Crippen molar-refractivity contribution in [2.45, 2.75) is 26.7 Å². The van der Waals surface area contributed by atoms with Crippen LogP contribution in [0.15, 0.2) is 18.3 Å². The third-order valence-electron chi connectivity index (χ3n) is 4.42. The second-order valence-corrected chi connectivity index (χ2v) is 6.36. The van der Waals surface area contributed by atoms with Gasteiger partial charge in [-0.1, -0.05) is 13.0 Å². The molecule has 2 aromatic rings. The Balaban J connectivity index is 1.69. The molecule has 3 rings (SSSR count). The minimum Gasteiger partial charge on any atom is -0.352 e. The number of aromatic nitrogens is 3. The Morgan fingerprint density at radius 1 is 1.35 bits per heavy atom. The van der Waals surface area contributed by atoms with Crippen LogP contribution < -0.4 is 5.32 Å². The molecule has 20 heavy (non-hydrogen) atoms. The lowest BCUT2D eigenvalue weighted by atomic mass is 9.80. The summed E-state index contributed by atoms with van der Waals surface area (Å²) in [4.78, 5) is 6.97. The van der Waals surface area contributed by atoms with Crippen molar-refractivity contribution in [2.24, 2.45) is 5.41 Å². The number of fused-ring (bicyclic) bond motifs is 1. The van der Waals surface area contributed by atoms with Gasteiger partial charge in [0.05, 0.1) is 0 Å². The van der Waals surface area contributed by atoms with Gasteiger partial charge in [0.2, 0.25) is 5.95 Å². The molecule has 5 nitrogen and oxygen atoms in total. The molecule has 0 radical (unpaired) electrons. The van der Waals surface area contributed by atoms with Crippen LogP contribution in [0.4, 0.5) is 5.95 Å². The molecule has 5 heteroatoms. The Hall–Kier alpha value is -1.62. The highest BCUT2D eigenvalue weighted by Gasteiger charge is 2.28. The summed E-state index contributed by atoms with van der Waals surface area (Å²) in [5.74, 6) is 0.736. The van der Waals surface area contributed by atoms with Crippen molar-refractivity contribution in [1.29, 1.82) is 0 Å². The first kappa shape index (κ1) is 13.4. The van der Waals surface area contributed by atoms with Gasteiger partial charge in [-0.25, -0.2) is 4.52 Å². The SMILES string of the molecule is Cc1cccn2nc(NCC3(C)CCN(C)CC3)nc12. The monoisotopic (exact) mass is 273 g/mol. The summed E-state index contributed by atoms with van der Waals surface area (Å²) in [6, 6.07) is 4.06. The van der Waals surface area contributed by atoms with Crippen LogP contribution in [0, 0.1) is 12.3 Å². The molecule has 0 bridgehead atoms. The van der Waals surface area contributed by atoms with E-state index in [-0.39, 0.29) is 0 Å². The van der Waals surface area contributed by atoms with E-state index in [1.165, 1.54) is 25.9 Å². The van der Waals surface area contributed by atoms with Gasteiger partial charge in [0.25, 0.3) is 0 Å². The molecular weight excluding hydrogens is 250 g/mol. The quantitative estimate of drug-likeness (QED) is 0.931. The topological polar surface area (TPSA) is 45.5 Å². The Kier molecular flexibility index (Phi) is 3.38. The minimum absolute atomic E-state index is 0.346. The number of hydrogen-bond acceptors (Lipinski definition) is 4. The molecule has 0 aliphatic carbocycles. The molecule has 2 aromatic heterocycles. The van der Waals surface area contributed by atoms with Gasteiger partial charge >= 0.3 is 0 Å². The van der Waals surface area contributed by atoms with Gasteiger partial charge in [0.15, 0.2) is 5.65 Å². The molecule has 1 saturated heterocycles. The van der Waals surface area contributed by atoms with E-state index in [0.717, 1.165) is 23.7 Å². The van der Waals surface area contributed by atoms with Crippen LogP contribution in [0.1, 0.15) is 25.3 Å². The van der Waals surface area contributed by atoms with Gasteiger partial charge in [0.1, 0.15) is 0 Å². The van der Waals surface area contributed by atoms with Crippen molar-refractivity contribution in [2.75, 3.05) is 32.0 Å². The molecule has 0 aromatic carbocycles. The minimum atomic E-state index is 0.346. The van der Waals surface area contributed by atoms with Crippen LogP contribution in [-0.2, 0) is 0 Å². The van der Waals surface area contributed by atoms with Gasteiger partial charge in [-0.15, -0.1) is 5.10 Å². The summed E-state index contributed by atoms with van der Waals surface area (Å²) in [6.07, 6.45) is 4.39. The number of nitrogens with one attached hydrogen (secondary N) is 1. The molecule has 3 heterocycles. The second kappa shape index (κ2) is 5.05. The van der Waals surface area contributed by atoms with Gasteiger partial charge in [-0.3, -0.25) is 0 Å². The number of likely N-dealkylation sites (tertiary alicyclic amines) is 1. The summed E-state index contributed by atoms with van der Waals surface area (Å²) in [5, 5.41) is 7.91. The van der Waals surface area contributed by atoms with E-state index in [1.807, 2.05) is 16.8 Å². The van der Waals surface area contributed by atoms with Crippen LogP contribution >= 0.6 is 0 Å². The zero-order valence-electron chi connectivity index (χ0n) is 12.6. The molecular formula is C15H23N5. The number of piperidine rings is 1. The Morgan fingerprint density at radius 2 is 2.10 bits per heavy atom. The summed E-state index contributed by atoms with van der Waals surface area (Å²) < 4.78 is 1.84. The summed E-state index contributed by atoms with van der Waals surface area (Å²) in [6.45, 7) is 7.71. The number of aryl methyl sites for hydroxylation is 1. The fraction of sp³-hybridized carbons (Fsp3) is 0.600. The second-order valence-electron chi connectivity index (χ2n) is 6.36. The molecule has 1 N–H and O–H groups in total. The standard InChI is InChI=1S/C15H23N5/c1-12-5-4-8-20-13(12)17-14(18-20)16-11-15(2)6-9-19(3)10-7-15/h4-5,8H,6-7,9-11H2,1-3H3,(H,16,18). The lowest BCUT2D eigenvalue weighted by Crippen LogP contribution is -2.40. The highest BCUT2D eigenvalue weighted by atomic mass is 15.3. The maximum absolute atomic E-state index is 4.57. The Bertz CT molecular complexity index is 595. The van der Waals surface area contributed by atoms with E-state index in [2.05, 4.69) is 47.3 Å². The van der Waals surface area contributed by atoms with Gasteiger partial charge in [-0.05, 0) is 56.9 Å². The van der Waals surface area contributed by atoms with Gasteiger partial charge in [-0.2, -0.15) is 4.98 Å². The normalized spacial score (nSPS) is 19.4. The van der Waals surface area contributed by atoms with Gasteiger partial charge < -0.3 is 10.2 Å². The first-order valence-corrected chi connectivity index (χ1v) is 7.30. The highest BCUT2D eigenvalue weighted by molar-refractivity contribution is 5.49. The summed E-state index contributed by atoms with van der Waals surface area (Å²) in [5.41, 5.74) is 2.43. The predicted molar refractivity (Wildman–Crippen MR) is 81.1 cm³/mol. The van der Waals surface area contributed by atoms with E-state index < -0.39 is 0 Å². The van der Waals surface area contributed by atoms with E-state index in [1.54, 1.807) is 0 Å². The molecule has 0 amide bonds. The number of hydrogen-bond donors (Lipinski definition) is 1. The van der Waals surface area contributed by atoms with Crippen LogP contribution in [0.2, 0.25) is 0 Å². The largest absolute Gasteiger partial charge is 0.352 e. The third kappa shape index (κ3) is 2.63.